The zero-order chi connectivity index (χ0) is 19.5. The zero-order valence-corrected chi connectivity index (χ0v) is 15.1. The summed E-state index contributed by atoms with van der Waals surface area (Å²) in [5, 5.41) is 9.10. The largest absolute Gasteiger partial charge is 0.495 e. The summed E-state index contributed by atoms with van der Waals surface area (Å²) in [5.41, 5.74) is 0.374. The van der Waals surface area contributed by atoms with E-state index in [9.17, 15) is 18.0 Å². The van der Waals surface area contributed by atoms with E-state index in [2.05, 4.69) is 4.72 Å². The summed E-state index contributed by atoms with van der Waals surface area (Å²) in [4.78, 5) is 22.8. The van der Waals surface area contributed by atoms with Gasteiger partial charge in [0.15, 0.2) is 0 Å². The van der Waals surface area contributed by atoms with Gasteiger partial charge in [-0.2, -0.15) is 0 Å². The van der Waals surface area contributed by atoms with E-state index in [0.717, 1.165) is 6.07 Å². The maximum Gasteiger partial charge on any atom is 0.340 e. The Balaban J connectivity index is 2.58. The van der Waals surface area contributed by atoms with Crippen LogP contribution in [0, 0.1) is 6.92 Å². The van der Waals surface area contributed by atoms with Gasteiger partial charge in [0.05, 0.1) is 31.0 Å². The van der Waals surface area contributed by atoms with Gasteiger partial charge in [-0.15, -0.1) is 0 Å². The normalized spacial score (nSPS) is 10.9. The van der Waals surface area contributed by atoms with Gasteiger partial charge in [0.2, 0.25) is 0 Å². The van der Waals surface area contributed by atoms with Crippen molar-refractivity contribution in [2.24, 2.45) is 0 Å². The fourth-order valence-corrected chi connectivity index (χ4v) is 3.61. The molecule has 0 heterocycles. The number of sulfonamides is 1. The van der Waals surface area contributed by atoms with Gasteiger partial charge in [0, 0.05) is 0 Å². The number of hydrogen-bond acceptors (Lipinski definition) is 6. The number of benzene rings is 2. The Hall–Kier alpha value is -3.07. The number of aryl methyl sites for hydroxylation is 1. The fraction of sp³-hybridized carbons (Fsp3) is 0.176. The summed E-state index contributed by atoms with van der Waals surface area (Å²) >= 11 is 0. The summed E-state index contributed by atoms with van der Waals surface area (Å²) in [5.74, 6) is -2.02. The summed E-state index contributed by atoms with van der Waals surface area (Å²) < 4.78 is 37.6. The quantitative estimate of drug-likeness (QED) is 0.739. The van der Waals surface area contributed by atoms with Crippen molar-refractivity contribution in [2.45, 2.75) is 11.8 Å². The lowest BCUT2D eigenvalue weighted by molar-refractivity contribution is 0.0600. The van der Waals surface area contributed by atoms with Gasteiger partial charge in [-0.1, -0.05) is 12.1 Å². The Morgan fingerprint density at radius 2 is 1.81 bits per heavy atom. The van der Waals surface area contributed by atoms with Crippen LogP contribution in [-0.4, -0.2) is 39.7 Å². The van der Waals surface area contributed by atoms with E-state index in [1.807, 2.05) is 0 Å². The topological polar surface area (TPSA) is 119 Å². The van der Waals surface area contributed by atoms with Crippen LogP contribution >= 0.6 is 0 Å². The number of anilines is 1. The molecule has 2 aromatic carbocycles. The van der Waals surface area contributed by atoms with Crippen molar-refractivity contribution in [3.63, 3.8) is 0 Å². The van der Waals surface area contributed by atoms with Crippen molar-refractivity contribution >= 4 is 27.6 Å². The maximum absolute atomic E-state index is 12.8. The molecule has 0 atom stereocenters. The molecule has 0 aromatic heterocycles. The van der Waals surface area contributed by atoms with Gasteiger partial charge < -0.3 is 14.6 Å². The first-order valence-corrected chi connectivity index (χ1v) is 8.81. The van der Waals surface area contributed by atoms with E-state index in [1.54, 1.807) is 19.1 Å². The Morgan fingerprint density at radius 3 is 2.38 bits per heavy atom. The van der Waals surface area contributed by atoms with Crippen molar-refractivity contribution in [3.8, 4) is 5.75 Å². The van der Waals surface area contributed by atoms with Crippen LogP contribution in [0.25, 0.3) is 0 Å². The highest BCUT2D eigenvalue weighted by Crippen LogP contribution is 2.29. The second kappa shape index (κ2) is 7.44. The summed E-state index contributed by atoms with van der Waals surface area (Å²) in [6.07, 6.45) is 0. The van der Waals surface area contributed by atoms with Gasteiger partial charge in [-0.05, 0) is 36.8 Å². The molecule has 0 saturated heterocycles. The molecule has 0 unspecified atom stereocenters. The van der Waals surface area contributed by atoms with Gasteiger partial charge in [-0.3, -0.25) is 4.72 Å². The first-order chi connectivity index (χ1) is 12.2. The average molecular weight is 379 g/mol. The zero-order valence-electron chi connectivity index (χ0n) is 14.3. The lowest BCUT2D eigenvalue weighted by atomic mass is 10.1. The average Bonchev–Trinajstić information content (AvgIpc) is 2.60. The lowest BCUT2D eigenvalue weighted by Crippen LogP contribution is -2.18. The summed E-state index contributed by atoms with van der Waals surface area (Å²) in [6, 6.07) is 8.07. The molecule has 2 N–H and O–H groups in total. The van der Waals surface area contributed by atoms with Crippen molar-refractivity contribution in [1.29, 1.82) is 0 Å². The van der Waals surface area contributed by atoms with Gasteiger partial charge in [0.25, 0.3) is 10.0 Å². The predicted molar refractivity (Wildman–Crippen MR) is 93.3 cm³/mol. The molecule has 138 valence electrons. The smallest absolute Gasteiger partial charge is 0.340 e. The molecule has 0 bridgehead atoms. The molecule has 0 amide bonds. The third-order valence-corrected chi connectivity index (χ3v) is 4.99. The molecule has 0 spiro atoms. The molecule has 0 saturated carbocycles. The fourth-order valence-electron chi connectivity index (χ4n) is 2.35. The van der Waals surface area contributed by atoms with Crippen LogP contribution < -0.4 is 9.46 Å². The van der Waals surface area contributed by atoms with Crippen molar-refractivity contribution in [2.75, 3.05) is 18.9 Å². The maximum atomic E-state index is 12.8. The van der Waals surface area contributed by atoms with E-state index in [1.165, 1.54) is 32.4 Å². The number of hydrogen-bond donors (Lipinski definition) is 2. The van der Waals surface area contributed by atoms with Crippen LogP contribution in [0.5, 0.6) is 5.75 Å². The highest BCUT2D eigenvalue weighted by Gasteiger charge is 2.25. The molecule has 0 aliphatic heterocycles. The number of ether oxygens (including phenoxy) is 2. The number of rotatable bonds is 6. The molecular formula is C17H17NO7S. The van der Waals surface area contributed by atoms with Gasteiger partial charge in [-0.25, -0.2) is 18.0 Å². The Kier molecular flexibility index (Phi) is 5.51. The molecule has 0 fully saturated rings. The molecule has 0 aliphatic carbocycles. The first-order valence-electron chi connectivity index (χ1n) is 7.33. The van der Waals surface area contributed by atoms with Crippen LogP contribution in [0.1, 0.15) is 26.3 Å². The number of carboxylic acid groups (broad SMARTS) is 1. The van der Waals surface area contributed by atoms with Gasteiger partial charge in [0.1, 0.15) is 10.6 Å². The molecule has 8 nitrogen and oxygen atoms in total. The van der Waals surface area contributed by atoms with E-state index in [0.29, 0.717) is 5.56 Å². The summed E-state index contributed by atoms with van der Waals surface area (Å²) in [6.45, 7) is 1.63. The van der Waals surface area contributed by atoms with Crippen LogP contribution in [0.15, 0.2) is 41.3 Å². The number of esters is 1. The number of carbonyl (C=O) groups excluding carboxylic acids is 1. The minimum Gasteiger partial charge on any atom is -0.495 e. The van der Waals surface area contributed by atoms with Crippen molar-refractivity contribution in [1.82, 2.24) is 0 Å². The van der Waals surface area contributed by atoms with Crippen molar-refractivity contribution < 1.29 is 32.6 Å². The minimum atomic E-state index is -4.24. The van der Waals surface area contributed by atoms with Gasteiger partial charge >= 0.3 is 11.9 Å². The predicted octanol–water partition coefficient (Wildman–Crippen LogP) is 2.29. The lowest BCUT2D eigenvalue weighted by Gasteiger charge is -2.15. The molecule has 2 rings (SSSR count). The van der Waals surface area contributed by atoms with E-state index >= 15 is 0 Å². The molecule has 0 aliphatic rings. The highest BCUT2D eigenvalue weighted by atomic mass is 32.2. The second-order valence-corrected chi connectivity index (χ2v) is 6.92. The monoisotopic (exact) mass is 379 g/mol. The molecule has 0 radical (unpaired) electrons. The van der Waals surface area contributed by atoms with E-state index < -0.39 is 22.0 Å². The first kappa shape index (κ1) is 19.3. The molecule has 2 aromatic rings. The number of aromatic carboxylic acids is 1. The minimum absolute atomic E-state index is 0.0135. The van der Waals surface area contributed by atoms with Crippen LogP contribution in [0.4, 0.5) is 5.69 Å². The van der Waals surface area contributed by atoms with Crippen molar-refractivity contribution in [3.05, 3.63) is 53.1 Å². The Labute approximate surface area is 150 Å². The molecule has 9 heteroatoms. The van der Waals surface area contributed by atoms with E-state index in [-0.39, 0.29) is 27.5 Å². The van der Waals surface area contributed by atoms with Crippen LogP contribution in [0.3, 0.4) is 0 Å². The highest BCUT2D eigenvalue weighted by molar-refractivity contribution is 7.92. The Bertz CT molecular complexity index is 967. The Morgan fingerprint density at radius 1 is 1.12 bits per heavy atom. The standard InChI is InChI=1S/C17H17NO7S/c1-10-5-4-6-12(15(10)17(21)25-3)18-26(22,23)14-9-11(16(19)20)7-8-13(14)24-2/h4-9,18H,1-3H3,(H,19,20). The number of methoxy groups -OCH3 is 2. The summed E-state index contributed by atoms with van der Waals surface area (Å²) in [7, 11) is -1.79. The van der Waals surface area contributed by atoms with E-state index in [4.69, 9.17) is 14.6 Å². The van der Waals surface area contributed by atoms with Crippen LogP contribution in [0.2, 0.25) is 0 Å². The van der Waals surface area contributed by atoms with Crippen LogP contribution in [-0.2, 0) is 14.8 Å². The third-order valence-electron chi connectivity index (χ3n) is 3.61. The third kappa shape index (κ3) is 3.77. The molecule has 26 heavy (non-hydrogen) atoms. The number of nitrogens with one attached hydrogen (secondary N) is 1. The number of carboxylic acids is 1. The number of carbonyl (C=O) groups is 2. The molecular weight excluding hydrogens is 362 g/mol. The SMILES string of the molecule is COC(=O)c1c(C)cccc1NS(=O)(=O)c1cc(C(=O)O)ccc1OC. The second-order valence-electron chi connectivity index (χ2n) is 5.27.